The number of hydrogen-bond donors (Lipinski definition) is 5. The Bertz CT molecular complexity index is 4790. The lowest BCUT2D eigenvalue weighted by molar-refractivity contribution is -0.432. The number of para-hydroxylation sites is 1. The molecule has 23 nitrogen and oxygen atoms in total. The van der Waals surface area contributed by atoms with Gasteiger partial charge in [-0.2, -0.15) is 16.8 Å². The van der Waals surface area contributed by atoms with Crippen LogP contribution in [0.15, 0.2) is 159 Å². The lowest BCUT2D eigenvalue weighted by Gasteiger charge is -2.34. The molecule has 0 aromatic heterocycles. The molecule has 2 heterocycles. The minimum absolute atomic E-state index is 0.0281. The van der Waals surface area contributed by atoms with Gasteiger partial charge >= 0.3 is 0 Å². The van der Waals surface area contributed by atoms with Crippen LogP contribution in [0.3, 0.4) is 0 Å². The van der Waals surface area contributed by atoms with Crippen LogP contribution in [0.2, 0.25) is 0 Å². The average Bonchev–Trinajstić information content (AvgIpc) is 0.678. The number of rotatable bonds is 22. The highest BCUT2D eigenvalue weighted by Crippen LogP contribution is 2.58. The Morgan fingerprint density at radius 3 is 1.07 bits per heavy atom. The highest BCUT2D eigenvalue weighted by molar-refractivity contribution is 7.94. The second kappa shape index (κ2) is 24.2. The molecule has 0 unspecified atom stereocenters. The normalized spacial score (nSPS) is 13.5. The van der Waals surface area contributed by atoms with E-state index in [1.807, 2.05) is 45.9 Å². The smallest absolute Gasteiger partial charge is 0.294 e. The standard InChI is InChI=1S/C63H48N2O21S4/c1-31(2)41-7-5-8-42(32(3)4)59(41)65-62(69)45-29-49(80-34-11-19-38(20-12-34)88-86-84-72)55-53-47(79-33-9-17-37(18-10-33)87-85-83-71)27-43-51-44(61(68)64(60(43)67)25-6-26-66)28-48(81-35-13-21-39(22-14-35)89(73,74)75)54(57(51)53)56-50(30-46(63(65)70)52(45)58(55)56)82-36-15-23-40(24-16-36)90(76,77)78/h5,7-24,27-32,66,71-72H,6,25-26H2,1-4H3,(H,73,74,75)(H,76,77,78). The Balaban J connectivity index is 1.29. The first kappa shape index (κ1) is 61.5. The maximum Gasteiger partial charge on any atom is 0.294 e. The molecule has 0 atom stereocenters. The van der Waals surface area contributed by atoms with Crippen molar-refractivity contribution in [3.05, 3.63) is 173 Å². The summed E-state index contributed by atoms with van der Waals surface area (Å²) in [4.78, 5) is 64.7. The van der Waals surface area contributed by atoms with Gasteiger partial charge in [-0.25, -0.2) is 15.4 Å². The van der Waals surface area contributed by atoms with E-state index in [0.717, 1.165) is 34.1 Å². The lowest BCUT2D eigenvalue weighted by Crippen LogP contribution is -2.42. The first-order valence-electron chi connectivity index (χ1n) is 27.3. The van der Waals surface area contributed by atoms with Gasteiger partial charge in [0.15, 0.2) is 0 Å². The number of benzene rings is 10. The molecule has 0 saturated heterocycles. The van der Waals surface area contributed by atoms with E-state index in [2.05, 4.69) is 18.7 Å². The topological polar surface area (TPSA) is 318 Å². The Kier molecular flexibility index (Phi) is 16.5. The van der Waals surface area contributed by atoms with Gasteiger partial charge in [0, 0.05) is 66.0 Å². The Morgan fingerprint density at radius 1 is 0.444 bits per heavy atom. The largest absolute Gasteiger partial charge is 0.457 e. The molecule has 460 valence electrons. The van der Waals surface area contributed by atoms with Crippen LogP contribution in [0.1, 0.15) is 98.5 Å². The summed E-state index contributed by atoms with van der Waals surface area (Å²) in [5.41, 5.74) is 1.31. The van der Waals surface area contributed by atoms with Crippen molar-refractivity contribution < 1.29 is 98.4 Å². The molecule has 2 aliphatic rings. The van der Waals surface area contributed by atoms with Gasteiger partial charge in [0.1, 0.15) is 46.0 Å². The minimum atomic E-state index is -4.74. The minimum Gasteiger partial charge on any atom is -0.457 e. The molecule has 0 spiro atoms. The second-order valence-electron chi connectivity index (χ2n) is 21.3. The fourth-order valence-electron chi connectivity index (χ4n) is 11.4. The first-order chi connectivity index (χ1) is 43.1. The SMILES string of the molecule is CC(C)c1cccc(C(C)C)c1N1C(=O)c2cc(Oc3ccc(SOOO)cc3)c3c4c(Oc5ccc(SOOO)cc5)cc5c6c(cc(Oc7ccc(S(=O)(=O)O)cc7)c(c7c(Oc8ccc(S(=O)(=O)O)cc8)cc(c2c37)C1=O)c64)C(=O)N(CCCO)C5=O. The molecule has 0 saturated carbocycles. The summed E-state index contributed by atoms with van der Waals surface area (Å²) in [6, 6.07) is 32.9. The molecule has 90 heavy (non-hydrogen) atoms. The molecular weight excluding hydrogens is 1250 g/mol. The van der Waals surface area contributed by atoms with Gasteiger partial charge in [-0.1, -0.05) is 56.0 Å². The van der Waals surface area contributed by atoms with Crippen LogP contribution in [0.5, 0.6) is 46.0 Å². The molecule has 27 heteroatoms. The zero-order chi connectivity index (χ0) is 63.7. The summed E-state index contributed by atoms with van der Waals surface area (Å²) in [6.07, 6.45) is -0.0282. The fourth-order valence-corrected chi connectivity index (χ4v) is 13.1. The Labute approximate surface area is 519 Å². The van der Waals surface area contributed by atoms with Crippen molar-refractivity contribution in [1.82, 2.24) is 4.90 Å². The fraction of sp³-hybridized carbons (Fsp3) is 0.143. The third-order valence-electron chi connectivity index (χ3n) is 15.2. The highest BCUT2D eigenvalue weighted by Gasteiger charge is 2.43. The number of carbonyl (C=O) groups is 4. The Morgan fingerprint density at radius 2 is 0.767 bits per heavy atom. The van der Waals surface area contributed by atoms with E-state index in [1.54, 1.807) is 36.4 Å². The maximum absolute atomic E-state index is 16.2. The molecular formula is C63H48N2O21S4. The number of aliphatic hydroxyl groups excluding tert-OH is 1. The van der Waals surface area contributed by atoms with Gasteiger partial charge in [-0.3, -0.25) is 33.2 Å². The molecule has 0 bridgehead atoms. The molecule has 5 N–H and O–H groups in total. The number of nitrogens with zero attached hydrogens (tertiary/aromatic N) is 2. The summed E-state index contributed by atoms with van der Waals surface area (Å²) in [5, 5.41) is 36.0. The van der Waals surface area contributed by atoms with Crippen LogP contribution in [0, 0.1) is 0 Å². The van der Waals surface area contributed by atoms with E-state index in [1.165, 1.54) is 60.7 Å². The number of aliphatic hydroxyl groups is 1. The van der Waals surface area contributed by atoms with Crippen molar-refractivity contribution in [2.45, 2.75) is 65.5 Å². The van der Waals surface area contributed by atoms with Gasteiger partial charge in [0.05, 0.1) is 61.8 Å². The van der Waals surface area contributed by atoms with Crippen molar-refractivity contribution >= 4 is 117 Å². The van der Waals surface area contributed by atoms with Crippen LogP contribution < -0.4 is 23.8 Å². The van der Waals surface area contributed by atoms with E-state index in [4.69, 9.17) is 29.5 Å². The van der Waals surface area contributed by atoms with E-state index in [0.29, 0.717) is 50.7 Å². The van der Waals surface area contributed by atoms with Crippen LogP contribution in [-0.4, -0.2) is 83.2 Å². The van der Waals surface area contributed by atoms with Crippen LogP contribution in [0.4, 0.5) is 5.69 Å². The number of anilines is 1. The quantitative estimate of drug-likeness (QED) is 0.00800. The number of hydrogen-bond acceptors (Lipinski definition) is 21. The van der Waals surface area contributed by atoms with E-state index < -0.39 is 60.3 Å². The molecule has 0 radical (unpaired) electrons. The lowest BCUT2D eigenvalue weighted by atomic mass is 9.80. The molecule has 10 aromatic rings. The van der Waals surface area contributed by atoms with E-state index in [-0.39, 0.29) is 136 Å². The van der Waals surface area contributed by atoms with Gasteiger partial charge in [0.2, 0.25) is 0 Å². The first-order valence-corrected chi connectivity index (χ1v) is 31.7. The zero-order valence-electron chi connectivity index (χ0n) is 47.4. The summed E-state index contributed by atoms with van der Waals surface area (Å²) < 4.78 is 107. The van der Waals surface area contributed by atoms with Gasteiger partial charge in [-0.15, -0.1) is 8.67 Å². The van der Waals surface area contributed by atoms with Crippen LogP contribution >= 0.6 is 24.1 Å². The van der Waals surface area contributed by atoms with Crippen molar-refractivity contribution in [2.24, 2.45) is 0 Å². The van der Waals surface area contributed by atoms with Gasteiger partial charge in [-0.05, 0) is 151 Å². The van der Waals surface area contributed by atoms with E-state index >= 15 is 19.2 Å². The van der Waals surface area contributed by atoms with Crippen molar-refractivity contribution in [1.29, 1.82) is 0 Å². The summed E-state index contributed by atoms with van der Waals surface area (Å²) in [6.45, 7) is 7.05. The summed E-state index contributed by atoms with van der Waals surface area (Å²) >= 11 is 1.33. The van der Waals surface area contributed by atoms with Crippen molar-refractivity contribution in [3.63, 3.8) is 0 Å². The Hall–Kier alpha value is -8.78. The summed E-state index contributed by atoms with van der Waals surface area (Å²) in [5.74, 6) is -4.00. The number of fused-ring (bicyclic) bond motifs is 2. The third-order valence-corrected chi connectivity index (χ3v) is 18.1. The average molecular weight is 1300 g/mol. The maximum atomic E-state index is 16.2. The molecule has 12 rings (SSSR count). The molecule has 2 aliphatic heterocycles. The third kappa shape index (κ3) is 11.1. The van der Waals surface area contributed by atoms with Gasteiger partial charge < -0.3 is 24.1 Å². The molecule has 4 amide bonds. The molecule has 0 fully saturated rings. The van der Waals surface area contributed by atoms with Gasteiger partial charge in [0.25, 0.3) is 43.9 Å². The van der Waals surface area contributed by atoms with E-state index in [9.17, 15) is 31.0 Å². The van der Waals surface area contributed by atoms with Crippen molar-refractivity contribution in [3.8, 4) is 46.0 Å². The predicted octanol–water partition coefficient (Wildman–Crippen LogP) is 14.3. The second-order valence-corrected chi connectivity index (χ2v) is 25.7. The van der Waals surface area contributed by atoms with Crippen LogP contribution in [0.25, 0.3) is 43.1 Å². The number of amides is 4. The monoisotopic (exact) mass is 1300 g/mol. The number of ether oxygens (including phenoxy) is 4. The predicted molar refractivity (Wildman–Crippen MR) is 327 cm³/mol. The molecule has 10 aromatic carbocycles. The summed E-state index contributed by atoms with van der Waals surface area (Å²) in [7, 11) is -9.48. The number of carbonyl (C=O) groups excluding carboxylic acids is 4. The zero-order valence-corrected chi connectivity index (χ0v) is 50.6. The molecule has 0 aliphatic carbocycles. The van der Waals surface area contributed by atoms with Crippen molar-refractivity contribution in [2.75, 3.05) is 18.1 Å². The highest BCUT2D eigenvalue weighted by atomic mass is 32.2. The van der Waals surface area contributed by atoms with Crippen LogP contribution in [-0.2, 0) is 39.0 Å². The number of imide groups is 2.